The average Bonchev–Trinajstić information content (AvgIpc) is 3.11. The highest BCUT2D eigenvalue weighted by Gasteiger charge is 2.49. The highest BCUT2D eigenvalue weighted by atomic mass is 31.1. The van der Waals surface area contributed by atoms with Gasteiger partial charge in [-0.25, -0.2) is 20.6 Å². The van der Waals surface area contributed by atoms with Crippen molar-refractivity contribution < 1.29 is 39.5 Å². The molecule has 0 aliphatic carbocycles. The zero-order valence-corrected chi connectivity index (χ0v) is 22.8. The minimum Gasteiger partial charge on any atom is -0.478 e. The summed E-state index contributed by atoms with van der Waals surface area (Å²) < 4.78 is 11.3. The van der Waals surface area contributed by atoms with Crippen LogP contribution in [0.1, 0.15) is 47.5 Å². The first-order chi connectivity index (χ1) is 17.2. The molecule has 6 unspecified atom stereocenters. The summed E-state index contributed by atoms with van der Waals surface area (Å²) in [4.78, 5) is 28.8. The van der Waals surface area contributed by atoms with Crippen LogP contribution in [-0.4, -0.2) is 98.5 Å². The fraction of sp³-hybridized carbons (Fsp3) is 0.762. The van der Waals surface area contributed by atoms with Gasteiger partial charge in [0, 0.05) is 26.5 Å². The molecule has 1 saturated heterocycles. The monoisotopic (exact) mass is 551 g/mol. The number of hydrogen-bond acceptors (Lipinski definition) is 13. The molecule has 0 aromatic carbocycles. The van der Waals surface area contributed by atoms with Crippen LogP contribution in [0.25, 0.3) is 0 Å². The Kier molecular flexibility index (Phi) is 13.3. The number of aliphatic hydroxyl groups excluding tert-OH is 3. The first-order valence-electron chi connectivity index (χ1n) is 11.9. The summed E-state index contributed by atoms with van der Waals surface area (Å²) in [6, 6.07) is -0.307. The predicted molar refractivity (Wildman–Crippen MR) is 138 cm³/mol. The molecule has 0 aromatic rings. The van der Waals surface area contributed by atoms with E-state index < -0.39 is 69.7 Å². The lowest BCUT2D eigenvalue weighted by Gasteiger charge is -2.34. The van der Waals surface area contributed by atoms with Gasteiger partial charge in [0.2, 0.25) is 5.47 Å². The van der Waals surface area contributed by atoms with Crippen molar-refractivity contribution in [1.29, 1.82) is 0 Å². The van der Waals surface area contributed by atoms with Gasteiger partial charge in [0.15, 0.2) is 11.9 Å². The van der Waals surface area contributed by atoms with Gasteiger partial charge >= 0.3 is 5.97 Å². The summed E-state index contributed by atoms with van der Waals surface area (Å²) >= 11 is 0. The number of aliphatic carboxylic acids is 1. The van der Waals surface area contributed by atoms with Crippen molar-refractivity contribution in [2.24, 2.45) is 22.3 Å². The molecular formula is C21H42N7O8P. The molecule has 1 amide bonds. The normalized spacial score (nSPS) is 25.1. The van der Waals surface area contributed by atoms with E-state index in [4.69, 9.17) is 26.8 Å². The van der Waals surface area contributed by atoms with E-state index in [-0.39, 0.29) is 23.5 Å². The fourth-order valence-electron chi connectivity index (χ4n) is 3.38. The van der Waals surface area contributed by atoms with Gasteiger partial charge in [-0.2, -0.15) is 0 Å². The van der Waals surface area contributed by atoms with Crippen molar-refractivity contribution in [3.63, 3.8) is 0 Å². The van der Waals surface area contributed by atoms with Crippen LogP contribution in [0.5, 0.6) is 0 Å². The molecule has 0 radical (unpaired) electrons. The number of hydrogen-bond donors (Lipinski definition) is 9. The first-order valence-corrected chi connectivity index (χ1v) is 12.9. The summed E-state index contributed by atoms with van der Waals surface area (Å²) in [6.07, 6.45) is -5.07. The number of amides is 1. The van der Waals surface area contributed by atoms with Gasteiger partial charge in [-0.05, 0) is 34.1 Å². The number of ether oxygens (including phenoxy) is 2. The summed E-state index contributed by atoms with van der Waals surface area (Å²) in [5, 5.41) is 46.7. The second-order valence-corrected chi connectivity index (χ2v) is 10.4. The number of rotatable bonds is 15. The Morgan fingerprint density at radius 2 is 1.81 bits per heavy atom. The largest absolute Gasteiger partial charge is 0.478 e. The topological polar surface area (TPSA) is 251 Å². The van der Waals surface area contributed by atoms with Crippen LogP contribution in [0.3, 0.4) is 0 Å². The van der Waals surface area contributed by atoms with Gasteiger partial charge < -0.3 is 41.4 Å². The van der Waals surface area contributed by atoms with E-state index in [1.54, 1.807) is 13.8 Å². The Morgan fingerprint density at radius 1 is 1.19 bits per heavy atom. The van der Waals surface area contributed by atoms with Gasteiger partial charge in [-0.3, -0.25) is 15.2 Å². The molecule has 16 heteroatoms. The van der Waals surface area contributed by atoms with Crippen LogP contribution in [0.4, 0.5) is 0 Å². The smallest absolute Gasteiger partial charge is 0.357 e. The Bertz CT molecular complexity index is 844. The van der Waals surface area contributed by atoms with Crippen LogP contribution in [0.15, 0.2) is 16.4 Å². The Balaban J connectivity index is 3.11. The van der Waals surface area contributed by atoms with Crippen molar-refractivity contribution >= 4 is 26.3 Å². The summed E-state index contributed by atoms with van der Waals surface area (Å²) in [7, 11) is -0.411. The van der Waals surface area contributed by atoms with E-state index in [0.29, 0.717) is 17.9 Å². The molecule has 214 valence electrons. The highest BCUT2D eigenvalue weighted by Crippen LogP contribution is 2.32. The van der Waals surface area contributed by atoms with Crippen LogP contribution in [0.2, 0.25) is 0 Å². The molecule has 1 fully saturated rings. The van der Waals surface area contributed by atoms with E-state index in [1.807, 2.05) is 20.8 Å². The summed E-state index contributed by atoms with van der Waals surface area (Å²) in [5.41, 5.74) is 9.52. The fourth-order valence-corrected chi connectivity index (χ4v) is 4.49. The molecular weight excluding hydrogens is 509 g/mol. The lowest BCUT2D eigenvalue weighted by molar-refractivity contribution is -0.167. The number of carboxylic acids is 1. The SMILES string of the molecule is CCCC(N)=C(N)C(=NCO)C(=O)N(N)C1OC(COC(NC(C)C)(PNC(C)C)C(=O)O)C(O)C1O. The molecule has 37 heavy (non-hydrogen) atoms. The molecule has 6 atom stereocenters. The number of nitrogens with zero attached hydrogens (tertiary/aromatic N) is 2. The number of nitrogens with one attached hydrogen (secondary N) is 2. The number of carbonyl (C=O) groups excluding carboxylic acids is 1. The van der Waals surface area contributed by atoms with E-state index in [9.17, 15) is 30.0 Å². The lowest BCUT2D eigenvalue weighted by atomic mass is 10.1. The molecule has 0 aromatic heterocycles. The number of carboxylic acid groups (broad SMARTS) is 1. The maximum absolute atomic E-state index is 13.0. The number of carbonyl (C=O) groups is 2. The summed E-state index contributed by atoms with van der Waals surface area (Å²) in [5.74, 6) is 3.60. The van der Waals surface area contributed by atoms with Crippen LogP contribution >= 0.6 is 8.73 Å². The molecule has 15 nitrogen and oxygen atoms in total. The van der Waals surface area contributed by atoms with Gasteiger partial charge in [0.25, 0.3) is 5.91 Å². The van der Waals surface area contributed by atoms with E-state index >= 15 is 0 Å². The van der Waals surface area contributed by atoms with Crippen LogP contribution < -0.4 is 27.7 Å². The van der Waals surface area contributed by atoms with Crippen molar-refractivity contribution in [2.75, 3.05) is 13.3 Å². The van der Waals surface area contributed by atoms with Gasteiger partial charge in [-0.15, -0.1) is 0 Å². The molecule has 1 rings (SSSR count). The third-order valence-electron chi connectivity index (χ3n) is 5.19. The number of aliphatic imine (C=N–C) groups is 1. The Labute approximate surface area is 218 Å². The molecule has 1 aliphatic heterocycles. The predicted octanol–water partition coefficient (Wildman–Crippen LogP) is -2.20. The van der Waals surface area contributed by atoms with Crippen molar-refractivity contribution in [1.82, 2.24) is 15.4 Å². The van der Waals surface area contributed by atoms with Crippen LogP contribution in [-0.2, 0) is 19.1 Å². The van der Waals surface area contributed by atoms with Crippen LogP contribution in [0, 0.1) is 0 Å². The molecule has 0 spiro atoms. The number of nitrogens with two attached hydrogens (primary N) is 3. The number of hydrazine groups is 1. The first kappa shape index (κ1) is 33.1. The molecule has 0 bridgehead atoms. The zero-order valence-electron chi connectivity index (χ0n) is 21.8. The van der Waals surface area contributed by atoms with E-state index in [0.717, 1.165) is 0 Å². The third kappa shape index (κ3) is 8.80. The van der Waals surface area contributed by atoms with E-state index in [2.05, 4.69) is 15.4 Å². The maximum atomic E-state index is 13.0. The number of allylic oxidation sites excluding steroid dienone is 1. The van der Waals surface area contributed by atoms with Crippen molar-refractivity contribution in [2.45, 2.75) is 89.5 Å². The molecule has 0 saturated carbocycles. The minimum absolute atomic E-state index is 0.0337. The second kappa shape index (κ2) is 14.9. The summed E-state index contributed by atoms with van der Waals surface area (Å²) in [6.45, 7) is 7.79. The van der Waals surface area contributed by atoms with Gasteiger partial charge in [0.1, 0.15) is 25.0 Å². The van der Waals surface area contributed by atoms with Crippen molar-refractivity contribution in [3.05, 3.63) is 11.4 Å². The Morgan fingerprint density at radius 3 is 2.30 bits per heavy atom. The number of aliphatic hydroxyl groups is 3. The highest BCUT2D eigenvalue weighted by molar-refractivity contribution is 7.38. The molecule has 1 heterocycles. The molecule has 1 aliphatic rings. The van der Waals surface area contributed by atoms with Crippen molar-refractivity contribution in [3.8, 4) is 0 Å². The zero-order chi connectivity index (χ0) is 28.5. The van der Waals surface area contributed by atoms with Gasteiger partial charge in [-0.1, -0.05) is 13.3 Å². The maximum Gasteiger partial charge on any atom is 0.357 e. The third-order valence-corrected chi connectivity index (χ3v) is 6.77. The quantitative estimate of drug-likeness (QED) is 0.0262. The Hall–Kier alpha value is -1.94. The van der Waals surface area contributed by atoms with Gasteiger partial charge in [0.05, 0.1) is 12.3 Å². The second-order valence-electron chi connectivity index (χ2n) is 9.12. The minimum atomic E-state index is -1.85. The lowest BCUT2D eigenvalue weighted by Crippen LogP contribution is -2.56. The average molecular weight is 552 g/mol. The van der Waals surface area contributed by atoms with E-state index in [1.165, 1.54) is 0 Å². The molecule has 12 N–H and O–H groups in total. The standard InChI is InChI=1S/C21H42N7O8P/c1-6-7-12(22)14(23)15(25-9-29)18(32)28(24)19-17(31)16(30)13(36-19)8-35-21(20(33)34,26-10(2)3)37-27-11(4)5/h10-11,13,16-17,19,26-27,29-31,37H,6-9,22-24H2,1-5H3,(H,33,34).